The van der Waals surface area contributed by atoms with Gasteiger partial charge in [0, 0.05) is 12.5 Å². The lowest BCUT2D eigenvalue weighted by atomic mass is 10.1. The van der Waals surface area contributed by atoms with Crippen molar-refractivity contribution in [2.45, 2.75) is 97.8 Å². The molecule has 7 heteroatoms. The van der Waals surface area contributed by atoms with Crippen LogP contribution in [0.4, 0.5) is 4.39 Å². The van der Waals surface area contributed by atoms with Gasteiger partial charge in [0.2, 0.25) is 0 Å². The smallest absolute Gasteiger partial charge is 0.343 e. The topological polar surface area (TPSA) is 78.9 Å². The molecular weight excluding hydrogens is 499 g/mol. The molecule has 2 aromatic carbocycles. The Bertz CT molecular complexity index is 1030. The number of rotatable bonds is 18. The molecule has 39 heavy (non-hydrogen) atoms. The summed E-state index contributed by atoms with van der Waals surface area (Å²) >= 11 is 0. The molecule has 0 aliphatic carbocycles. The van der Waals surface area contributed by atoms with Gasteiger partial charge in [0.05, 0.1) is 17.7 Å². The molecule has 0 spiro atoms. The molecule has 2 aromatic rings. The molecule has 0 radical (unpaired) electrons. The molecule has 2 rings (SSSR count). The Kier molecular flexibility index (Phi) is 14.9. The third kappa shape index (κ3) is 12.5. The maximum Gasteiger partial charge on any atom is 0.343 e. The van der Waals surface area contributed by atoms with E-state index in [1.807, 2.05) is 0 Å². The van der Waals surface area contributed by atoms with Crippen LogP contribution in [-0.2, 0) is 9.53 Å². The SMILES string of the molecule is CCCCCCCCCCCC(=O)Oc1ccc(C(=O)Oc2ccc(C(=O)OCCC(C)CC)c(F)c2)cc1. The summed E-state index contributed by atoms with van der Waals surface area (Å²) in [6.07, 6.45) is 12.6. The van der Waals surface area contributed by atoms with Crippen LogP contribution in [0, 0.1) is 11.7 Å². The Morgan fingerprint density at radius 2 is 1.38 bits per heavy atom. The summed E-state index contributed by atoms with van der Waals surface area (Å²) in [7, 11) is 0. The highest BCUT2D eigenvalue weighted by Gasteiger charge is 2.17. The summed E-state index contributed by atoms with van der Waals surface area (Å²) in [6.45, 7) is 6.53. The lowest BCUT2D eigenvalue weighted by molar-refractivity contribution is -0.134. The number of ether oxygens (including phenoxy) is 3. The molecule has 0 amide bonds. The highest BCUT2D eigenvalue weighted by atomic mass is 19.1. The number of benzene rings is 2. The Morgan fingerprint density at radius 3 is 2.00 bits per heavy atom. The number of carbonyl (C=O) groups is 3. The van der Waals surface area contributed by atoms with Gasteiger partial charge in [-0.1, -0.05) is 78.6 Å². The lowest BCUT2D eigenvalue weighted by Crippen LogP contribution is -2.12. The summed E-state index contributed by atoms with van der Waals surface area (Å²) in [5, 5.41) is 0. The van der Waals surface area contributed by atoms with Crippen molar-refractivity contribution < 1.29 is 33.0 Å². The molecule has 0 heterocycles. The van der Waals surface area contributed by atoms with Gasteiger partial charge in [-0.2, -0.15) is 0 Å². The van der Waals surface area contributed by atoms with E-state index in [0.29, 0.717) is 24.5 Å². The lowest BCUT2D eigenvalue weighted by Gasteiger charge is -2.10. The van der Waals surface area contributed by atoms with Crippen LogP contribution in [0.5, 0.6) is 11.5 Å². The molecule has 0 saturated heterocycles. The van der Waals surface area contributed by atoms with E-state index < -0.39 is 17.8 Å². The first-order chi connectivity index (χ1) is 18.8. The molecule has 0 N–H and O–H groups in total. The molecule has 1 atom stereocenters. The summed E-state index contributed by atoms with van der Waals surface area (Å²) in [5.74, 6) is -1.87. The number of carbonyl (C=O) groups excluding carboxylic acids is 3. The largest absolute Gasteiger partial charge is 0.462 e. The molecule has 6 nitrogen and oxygen atoms in total. The minimum atomic E-state index is -0.830. The fraction of sp³-hybridized carbons (Fsp3) is 0.531. The quantitative estimate of drug-likeness (QED) is 0.107. The third-order valence-corrected chi connectivity index (χ3v) is 6.72. The van der Waals surface area contributed by atoms with E-state index in [1.165, 1.54) is 74.9 Å². The molecule has 1 unspecified atom stereocenters. The van der Waals surface area contributed by atoms with Crippen molar-refractivity contribution in [3.05, 3.63) is 59.4 Å². The van der Waals surface area contributed by atoms with E-state index in [1.54, 1.807) is 0 Å². The zero-order valence-electron chi connectivity index (χ0n) is 23.6. The molecule has 0 fully saturated rings. The average Bonchev–Trinajstić information content (AvgIpc) is 2.92. The maximum atomic E-state index is 14.4. The third-order valence-electron chi connectivity index (χ3n) is 6.72. The first-order valence-corrected chi connectivity index (χ1v) is 14.3. The Labute approximate surface area is 232 Å². The van der Waals surface area contributed by atoms with Crippen molar-refractivity contribution in [1.82, 2.24) is 0 Å². The first-order valence-electron chi connectivity index (χ1n) is 14.3. The Hall–Kier alpha value is -3.22. The van der Waals surface area contributed by atoms with Crippen molar-refractivity contribution in [3.63, 3.8) is 0 Å². The fourth-order valence-corrected chi connectivity index (χ4v) is 3.95. The van der Waals surface area contributed by atoms with E-state index in [0.717, 1.165) is 31.7 Å². The molecule has 0 aliphatic heterocycles. The predicted octanol–water partition coefficient (Wildman–Crippen LogP) is 8.46. The van der Waals surface area contributed by atoms with E-state index in [4.69, 9.17) is 14.2 Å². The van der Waals surface area contributed by atoms with Gasteiger partial charge >= 0.3 is 17.9 Å². The van der Waals surface area contributed by atoms with Gasteiger partial charge in [0.1, 0.15) is 17.3 Å². The van der Waals surface area contributed by atoms with Crippen LogP contribution in [0.25, 0.3) is 0 Å². The van der Waals surface area contributed by atoms with Gasteiger partial charge in [0.15, 0.2) is 0 Å². The van der Waals surface area contributed by atoms with E-state index in [-0.39, 0.29) is 29.5 Å². The van der Waals surface area contributed by atoms with Gasteiger partial charge in [-0.3, -0.25) is 4.79 Å². The number of hydrogen-bond donors (Lipinski definition) is 0. The van der Waals surface area contributed by atoms with Crippen LogP contribution < -0.4 is 9.47 Å². The van der Waals surface area contributed by atoms with E-state index in [2.05, 4.69) is 20.8 Å². The van der Waals surface area contributed by atoms with Crippen LogP contribution in [0.3, 0.4) is 0 Å². The molecular formula is C32H43FO6. The van der Waals surface area contributed by atoms with Gasteiger partial charge < -0.3 is 14.2 Å². The molecule has 0 aromatic heterocycles. The number of esters is 3. The van der Waals surface area contributed by atoms with Crippen molar-refractivity contribution in [2.75, 3.05) is 6.61 Å². The van der Waals surface area contributed by atoms with Gasteiger partial charge in [-0.15, -0.1) is 0 Å². The molecule has 0 aliphatic rings. The van der Waals surface area contributed by atoms with Crippen molar-refractivity contribution >= 4 is 17.9 Å². The highest BCUT2D eigenvalue weighted by molar-refractivity contribution is 5.92. The van der Waals surface area contributed by atoms with Crippen LogP contribution in [0.15, 0.2) is 42.5 Å². The number of hydrogen-bond acceptors (Lipinski definition) is 6. The second-order valence-corrected chi connectivity index (χ2v) is 10.0. The van der Waals surface area contributed by atoms with Gasteiger partial charge in [-0.25, -0.2) is 14.0 Å². The monoisotopic (exact) mass is 542 g/mol. The van der Waals surface area contributed by atoms with Crippen LogP contribution >= 0.6 is 0 Å². The van der Waals surface area contributed by atoms with E-state index >= 15 is 0 Å². The normalized spacial score (nSPS) is 11.6. The number of halogens is 1. The predicted molar refractivity (Wildman–Crippen MR) is 150 cm³/mol. The van der Waals surface area contributed by atoms with Crippen molar-refractivity contribution in [3.8, 4) is 11.5 Å². The maximum absolute atomic E-state index is 14.4. The van der Waals surface area contributed by atoms with Crippen LogP contribution in [0.1, 0.15) is 119 Å². The summed E-state index contributed by atoms with van der Waals surface area (Å²) < 4.78 is 30.2. The highest BCUT2D eigenvalue weighted by Crippen LogP contribution is 2.21. The van der Waals surface area contributed by atoms with Gasteiger partial charge in [-0.05, 0) is 55.2 Å². The zero-order chi connectivity index (χ0) is 28.5. The Morgan fingerprint density at radius 1 is 0.769 bits per heavy atom. The fourth-order valence-electron chi connectivity index (χ4n) is 3.95. The molecule has 0 saturated carbocycles. The second-order valence-electron chi connectivity index (χ2n) is 10.0. The van der Waals surface area contributed by atoms with Crippen LogP contribution in [0.2, 0.25) is 0 Å². The molecule has 0 bridgehead atoms. The summed E-state index contributed by atoms with van der Waals surface area (Å²) in [5.41, 5.74) is -0.00444. The van der Waals surface area contributed by atoms with Crippen molar-refractivity contribution in [2.24, 2.45) is 5.92 Å². The summed E-state index contributed by atoms with van der Waals surface area (Å²) in [4.78, 5) is 36.7. The first kappa shape index (κ1) is 32.0. The Balaban J connectivity index is 1.74. The number of unbranched alkanes of at least 4 members (excludes halogenated alkanes) is 8. The minimum Gasteiger partial charge on any atom is -0.462 e. The van der Waals surface area contributed by atoms with E-state index in [9.17, 15) is 18.8 Å². The van der Waals surface area contributed by atoms with Crippen LogP contribution in [-0.4, -0.2) is 24.5 Å². The van der Waals surface area contributed by atoms with Crippen molar-refractivity contribution in [1.29, 1.82) is 0 Å². The summed E-state index contributed by atoms with van der Waals surface area (Å²) in [6, 6.07) is 9.54. The standard InChI is InChI=1S/C32H43FO6/c1-4-6-7-8-9-10-11-12-13-14-30(34)38-26-17-15-25(16-18-26)31(35)39-27-19-20-28(29(33)23-27)32(36)37-22-21-24(3)5-2/h15-20,23-24H,4-14,21-22H2,1-3H3. The average molecular weight is 543 g/mol. The zero-order valence-corrected chi connectivity index (χ0v) is 23.6. The second kappa shape index (κ2) is 18.1. The molecule has 214 valence electrons. The minimum absolute atomic E-state index is 0.0369. The van der Waals surface area contributed by atoms with Gasteiger partial charge in [0.25, 0.3) is 0 Å².